The monoisotopic (exact) mass is 369 g/mol. The van der Waals surface area contributed by atoms with Crippen LogP contribution >= 0.6 is 0 Å². The highest BCUT2D eigenvalue weighted by Crippen LogP contribution is 2.20. The molecule has 1 amide bonds. The Morgan fingerprint density at radius 2 is 1.50 bits per heavy atom. The maximum absolute atomic E-state index is 12.8. The molecule has 1 N–H and O–H groups in total. The van der Waals surface area contributed by atoms with Crippen LogP contribution in [-0.2, 0) is 0 Å². The topological polar surface area (TPSA) is 72.7 Å². The van der Waals surface area contributed by atoms with E-state index in [0.29, 0.717) is 22.8 Å². The van der Waals surface area contributed by atoms with E-state index in [2.05, 4.69) is 20.4 Å². The summed E-state index contributed by atoms with van der Waals surface area (Å²) in [5.41, 5.74) is 4.38. The Bertz CT molecular complexity index is 1100. The van der Waals surface area contributed by atoms with Gasteiger partial charge in [0.1, 0.15) is 0 Å². The van der Waals surface area contributed by atoms with E-state index in [0.717, 1.165) is 16.9 Å². The van der Waals surface area contributed by atoms with Gasteiger partial charge in [0.2, 0.25) is 0 Å². The standard InChI is InChI=1S/C22H19N5O/c1-15-20(16(2)27(26-15)19-11-7-4-8-12-19)22(28)25-18-13-23-21(24-14-18)17-9-5-3-6-10-17/h3-14H,1-2H3,(H,25,28). The molecule has 4 rings (SSSR count). The molecule has 138 valence electrons. The van der Waals surface area contributed by atoms with Gasteiger partial charge in [-0.3, -0.25) is 4.79 Å². The van der Waals surface area contributed by atoms with Gasteiger partial charge in [-0.05, 0) is 26.0 Å². The summed E-state index contributed by atoms with van der Waals surface area (Å²) < 4.78 is 1.78. The summed E-state index contributed by atoms with van der Waals surface area (Å²) in [6.07, 6.45) is 3.22. The number of aromatic nitrogens is 4. The fourth-order valence-electron chi connectivity index (χ4n) is 3.11. The maximum atomic E-state index is 12.8. The summed E-state index contributed by atoms with van der Waals surface area (Å²) in [6, 6.07) is 19.4. The Hall–Kier alpha value is -3.80. The molecule has 28 heavy (non-hydrogen) atoms. The summed E-state index contributed by atoms with van der Waals surface area (Å²) in [5.74, 6) is 0.385. The van der Waals surface area contributed by atoms with Gasteiger partial charge in [-0.15, -0.1) is 0 Å². The molecule has 0 aliphatic rings. The Morgan fingerprint density at radius 3 is 2.14 bits per heavy atom. The summed E-state index contributed by atoms with van der Waals surface area (Å²) >= 11 is 0. The molecule has 0 aliphatic heterocycles. The SMILES string of the molecule is Cc1nn(-c2ccccc2)c(C)c1C(=O)Nc1cnc(-c2ccccc2)nc1. The van der Waals surface area contributed by atoms with Crippen LogP contribution < -0.4 is 5.32 Å². The van der Waals surface area contributed by atoms with Crippen LogP contribution in [0, 0.1) is 13.8 Å². The molecule has 2 aromatic carbocycles. The van der Waals surface area contributed by atoms with Crippen LogP contribution in [0.15, 0.2) is 73.1 Å². The van der Waals surface area contributed by atoms with Gasteiger partial charge in [-0.25, -0.2) is 14.6 Å². The van der Waals surface area contributed by atoms with Crippen LogP contribution in [0.1, 0.15) is 21.7 Å². The van der Waals surface area contributed by atoms with E-state index in [1.807, 2.05) is 74.5 Å². The number of hydrogen-bond donors (Lipinski definition) is 1. The smallest absolute Gasteiger partial charge is 0.259 e. The molecule has 2 aromatic heterocycles. The van der Waals surface area contributed by atoms with Crippen LogP contribution in [0.2, 0.25) is 0 Å². The van der Waals surface area contributed by atoms with Crippen molar-refractivity contribution < 1.29 is 4.79 Å². The third-order valence-corrected chi connectivity index (χ3v) is 4.46. The quantitative estimate of drug-likeness (QED) is 0.585. The van der Waals surface area contributed by atoms with Gasteiger partial charge >= 0.3 is 0 Å². The van der Waals surface area contributed by atoms with Crippen molar-refractivity contribution in [1.82, 2.24) is 19.7 Å². The molecule has 6 heteroatoms. The highest BCUT2D eigenvalue weighted by atomic mass is 16.1. The number of hydrogen-bond acceptors (Lipinski definition) is 4. The van der Waals surface area contributed by atoms with Crippen LogP contribution in [0.3, 0.4) is 0 Å². The molecule has 0 unspecified atom stereocenters. The largest absolute Gasteiger partial charge is 0.319 e. The van der Waals surface area contributed by atoms with Crippen molar-refractivity contribution in [2.75, 3.05) is 5.32 Å². The molecule has 0 spiro atoms. The van der Waals surface area contributed by atoms with E-state index in [1.165, 1.54) is 0 Å². The molecule has 4 aromatic rings. The van der Waals surface area contributed by atoms with Crippen LogP contribution in [0.25, 0.3) is 17.1 Å². The normalized spacial score (nSPS) is 10.6. The number of nitrogens with one attached hydrogen (secondary N) is 1. The fourth-order valence-corrected chi connectivity index (χ4v) is 3.11. The summed E-state index contributed by atoms with van der Waals surface area (Å²) in [7, 11) is 0. The predicted octanol–water partition coefficient (Wildman–Crippen LogP) is 4.20. The number of rotatable bonds is 4. The molecule has 0 atom stereocenters. The van der Waals surface area contributed by atoms with Crippen LogP contribution in [-0.4, -0.2) is 25.7 Å². The minimum absolute atomic E-state index is 0.228. The molecular weight excluding hydrogens is 350 g/mol. The Labute approximate surface area is 162 Å². The first-order chi connectivity index (χ1) is 13.6. The zero-order chi connectivity index (χ0) is 19.5. The maximum Gasteiger partial charge on any atom is 0.259 e. The molecular formula is C22H19N5O. The number of carbonyl (C=O) groups is 1. The Balaban J connectivity index is 1.57. The second kappa shape index (κ2) is 7.44. The van der Waals surface area contributed by atoms with Crippen LogP contribution in [0.5, 0.6) is 0 Å². The van der Waals surface area contributed by atoms with Gasteiger partial charge in [-0.1, -0.05) is 48.5 Å². The molecule has 2 heterocycles. The molecule has 0 fully saturated rings. The van der Waals surface area contributed by atoms with E-state index in [9.17, 15) is 4.79 Å². The first kappa shape index (κ1) is 17.6. The van der Waals surface area contributed by atoms with Crippen molar-refractivity contribution in [3.63, 3.8) is 0 Å². The summed E-state index contributed by atoms with van der Waals surface area (Å²) in [4.78, 5) is 21.5. The van der Waals surface area contributed by atoms with E-state index >= 15 is 0 Å². The van der Waals surface area contributed by atoms with E-state index in [-0.39, 0.29) is 5.91 Å². The predicted molar refractivity (Wildman–Crippen MR) is 108 cm³/mol. The molecule has 6 nitrogen and oxygen atoms in total. The lowest BCUT2D eigenvalue weighted by Crippen LogP contribution is -2.14. The summed E-state index contributed by atoms with van der Waals surface area (Å²) in [6.45, 7) is 3.72. The molecule has 0 saturated heterocycles. The number of carbonyl (C=O) groups excluding carboxylic acids is 1. The fraction of sp³-hybridized carbons (Fsp3) is 0.0909. The van der Waals surface area contributed by atoms with Gasteiger partial charge in [0.25, 0.3) is 5.91 Å². The second-order valence-corrected chi connectivity index (χ2v) is 6.41. The summed E-state index contributed by atoms with van der Waals surface area (Å²) in [5, 5.41) is 7.39. The van der Waals surface area contributed by atoms with Gasteiger partial charge < -0.3 is 5.32 Å². The molecule has 0 aliphatic carbocycles. The first-order valence-corrected chi connectivity index (χ1v) is 8.94. The first-order valence-electron chi connectivity index (χ1n) is 8.94. The molecule has 0 bridgehead atoms. The average Bonchev–Trinajstić information content (AvgIpc) is 3.04. The molecule has 0 radical (unpaired) electrons. The number of para-hydroxylation sites is 1. The van der Waals surface area contributed by atoms with E-state index in [4.69, 9.17) is 0 Å². The average molecular weight is 369 g/mol. The number of anilines is 1. The van der Waals surface area contributed by atoms with Gasteiger partial charge in [-0.2, -0.15) is 5.10 Å². The molecule has 0 saturated carbocycles. The Morgan fingerprint density at radius 1 is 0.893 bits per heavy atom. The minimum Gasteiger partial charge on any atom is -0.319 e. The minimum atomic E-state index is -0.228. The van der Waals surface area contributed by atoms with Crippen molar-refractivity contribution in [2.45, 2.75) is 13.8 Å². The van der Waals surface area contributed by atoms with Gasteiger partial charge in [0, 0.05) is 5.56 Å². The number of amides is 1. The number of nitrogens with zero attached hydrogens (tertiary/aromatic N) is 4. The van der Waals surface area contributed by atoms with E-state index in [1.54, 1.807) is 17.1 Å². The second-order valence-electron chi connectivity index (χ2n) is 6.41. The van der Waals surface area contributed by atoms with E-state index < -0.39 is 0 Å². The highest BCUT2D eigenvalue weighted by molar-refractivity contribution is 6.05. The van der Waals surface area contributed by atoms with Crippen molar-refractivity contribution in [3.8, 4) is 17.1 Å². The number of aryl methyl sites for hydroxylation is 1. The third-order valence-electron chi connectivity index (χ3n) is 4.46. The third kappa shape index (κ3) is 3.40. The van der Waals surface area contributed by atoms with Crippen molar-refractivity contribution in [1.29, 1.82) is 0 Å². The van der Waals surface area contributed by atoms with Gasteiger partial charge in [0.15, 0.2) is 5.82 Å². The lowest BCUT2D eigenvalue weighted by molar-refractivity contribution is 0.102. The van der Waals surface area contributed by atoms with Crippen molar-refractivity contribution >= 4 is 11.6 Å². The zero-order valence-electron chi connectivity index (χ0n) is 15.6. The Kier molecular flexibility index (Phi) is 4.68. The van der Waals surface area contributed by atoms with Crippen molar-refractivity contribution in [2.24, 2.45) is 0 Å². The number of benzene rings is 2. The lowest BCUT2D eigenvalue weighted by atomic mass is 10.2. The van der Waals surface area contributed by atoms with Gasteiger partial charge in [0.05, 0.1) is 40.7 Å². The zero-order valence-corrected chi connectivity index (χ0v) is 15.6. The van der Waals surface area contributed by atoms with Crippen LogP contribution in [0.4, 0.5) is 5.69 Å². The lowest BCUT2D eigenvalue weighted by Gasteiger charge is -2.07. The van der Waals surface area contributed by atoms with Crippen molar-refractivity contribution in [3.05, 3.63) is 90.0 Å². The highest BCUT2D eigenvalue weighted by Gasteiger charge is 2.19.